The van der Waals surface area contributed by atoms with Gasteiger partial charge < -0.3 is 9.64 Å². The number of likely N-dealkylation sites (tertiary alicyclic amines) is 1. The van der Waals surface area contributed by atoms with E-state index in [0.717, 1.165) is 32.0 Å². The molecule has 5 heteroatoms. The second kappa shape index (κ2) is 4.81. The molecule has 2 aliphatic rings. The molecule has 0 radical (unpaired) electrons. The van der Waals surface area contributed by atoms with Crippen LogP contribution in [0.1, 0.15) is 26.2 Å². The van der Waals surface area contributed by atoms with Gasteiger partial charge in [0.25, 0.3) is 0 Å². The number of guanidine groups is 1. The van der Waals surface area contributed by atoms with Crippen molar-refractivity contribution in [3.63, 3.8) is 0 Å². The molecule has 2 unspecified atom stereocenters. The Kier molecular flexibility index (Phi) is 3.43. The fourth-order valence-electron chi connectivity index (χ4n) is 2.24. The Morgan fingerprint density at radius 1 is 1.47 bits per heavy atom. The van der Waals surface area contributed by atoms with Crippen LogP contribution < -0.4 is 11.3 Å². The van der Waals surface area contributed by atoms with Gasteiger partial charge >= 0.3 is 0 Å². The third-order valence-corrected chi connectivity index (χ3v) is 2.96. The van der Waals surface area contributed by atoms with Crippen LogP contribution >= 0.6 is 0 Å². The van der Waals surface area contributed by atoms with Crippen molar-refractivity contribution in [2.45, 2.75) is 38.4 Å². The second-order valence-electron chi connectivity index (χ2n) is 4.21. The number of fused-ring (bicyclic) bond motifs is 2. The van der Waals surface area contributed by atoms with Crippen LogP contribution in [0, 0.1) is 0 Å². The number of hydrazine groups is 1. The molecule has 5 nitrogen and oxygen atoms in total. The smallest absolute Gasteiger partial charge is 0.208 e. The Labute approximate surface area is 90.6 Å². The number of aliphatic imine (C=N–C) groups is 1. The summed E-state index contributed by atoms with van der Waals surface area (Å²) in [7, 11) is 0. The van der Waals surface area contributed by atoms with Gasteiger partial charge in [-0.2, -0.15) is 0 Å². The first-order chi connectivity index (χ1) is 7.33. The topological polar surface area (TPSA) is 62.9 Å². The Morgan fingerprint density at radius 2 is 2.13 bits per heavy atom. The van der Waals surface area contributed by atoms with Gasteiger partial charge in [-0.25, -0.2) is 5.84 Å². The van der Waals surface area contributed by atoms with E-state index in [9.17, 15) is 0 Å². The quantitative estimate of drug-likeness (QED) is 0.294. The molecule has 3 N–H and O–H groups in total. The molecule has 2 aliphatic heterocycles. The second-order valence-corrected chi connectivity index (χ2v) is 4.21. The fraction of sp³-hybridized carbons (Fsp3) is 0.900. The standard InChI is InChI=1S/C10H20N4O/c1-2-5-12-10(13-11)14-6-8-3-4-9(7-14)15-8/h8-9H,2-7,11H2,1H3,(H,12,13). The average molecular weight is 212 g/mol. The van der Waals surface area contributed by atoms with Crippen LogP contribution in [-0.4, -0.2) is 42.7 Å². The van der Waals surface area contributed by atoms with Crippen molar-refractivity contribution in [2.75, 3.05) is 19.6 Å². The highest BCUT2D eigenvalue weighted by Gasteiger charge is 2.34. The van der Waals surface area contributed by atoms with Crippen molar-refractivity contribution in [2.24, 2.45) is 10.8 Å². The zero-order valence-corrected chi connectivity index (χ0v) is 9.28. The summed E-state index contributed by atoms with van der Waals surface area (Å²) in [4.78, 5) is 6.64. The minimum atomic E-state index is 0.379. The molecular formula is C10H20N4O. The lowest BCUT2D eigenvalue weighted by atomic mass is 10.2. The lowest BCUT2D eigenvalue weighted by molar-refractivity contribution is -0.0168. The normalized spacial score (nSPS) is 30.8. The maximum atomic E-state index is 5.76. The summed E-state index contributed by atoms with van der Waals surface area (Å²) in [6.07, 6.45) is 4.15. The zero-order valence-electron chi connectivity index (χ0n) is 9.28. The molecule has 0 aromatic carbocycles. The summed E-state index contributed by atoms with van der Waals surface area (Å²) in [5, 5.41) is 0. The predicted molar refractivity (Wildman–Crippen MR) is 59.4 cm³/mol. The Morgan fingerprint density at radius 3 is 2.67 bits per heavy atom. The van der Waals surface area contributed by atoms with Gasteiger partial charge in [0.2, 0.25) is 5.96 Å². The number of hydrogen-bond acceptors (Lipinski definition) is 3. The summed E-state index contributed by atoms with van der Waals surface area (Å²) in [5.41, 5.74) is 2.70. The van der Waals surface area contributed by atoms with E-state index in [-0.39, 0.29) is 0 Å². The van der Waals surface area contributed by atoms with Crippen molar-refractivity contribution >= 4 is 5.96 Å². The van der Waals surface area contributed by atoms with E-state index in [2.05, 4.69) is 22.2 Å². The summed E-state index contributed by atoms with van der Waals surface area (Å²) in [6.45, 7) is 4.78. The van der Waals surface area contributed by atoms with Crippen LogP contribution in [0.3, 0.4) is 0 Å². The molecule has 2 saturated heterocycles. The van der Waals surface area contributed by atoms with Gasteiger partial charge in [-0.15, -0.1) is 0 Å². The molecule has 0 aromatic rings. The van der Waals surface area contributed by atoms with Crippen LogP contribution in [0.2, 0.25) is 0 Å². The molecule has 2 atom stereocenters. The van der Waals surface area contributed by atoms with E-state index >= 15 is 0 Å². The van der Waals surface area contributed by atoms with E-state index in [1.165, 1.54) is 12.8 Å². The van der Waals surface area contributed by atoms with E-state index < -0.39 is 0 Å². The van der Waals surface area contributed by atoms with Crippen molar-refractivity contribution in [3.8, 4) is 0 Å². The molecule has 2 heterocycles. The zero-order chi connectivity index (χ0) is 10.7. The lowest BCUT2D eigenvalue weighted by Crippen LogP contribution is -2.52. The molecule has 0 aliphatic carbocycles. The number of morpholine rings is 1. The van der Waals surface area contributed by atoms with Crippen molar-refractivity contribution in [1.29, 1.82) is 0 Å². The van der Waals surface area contributed by atoms with Crippen LogP contribution in [0.5, 0.6) is 0 Å². The Hall–Kier alpha value is -0.810. The molecule has 2 fully saturated rings. The SMILES string of the molecule is CCCN=C(NN)N1CC2CCC(C1)O2. The van der Waals surface area contributed by atoms with Gasteiger partial charge in [-0.05, 0) is 19.3 Å². The molecule has 2 bridgehead atoms. The molecule has 2 rings (SSSR count). The van der Waals surface area contributed by atoms with Crippen LogP contribution in [0.4, 0.5) is 0 Å². The molecule has 0 aromatic heterocycles. The highest BCUT2D eigenvalue weighted by molar-refractivity contribution is 5.79. The maximum Gasteiger partial charge on any atom is 0.208 e. The van der Waals surface area contributed by atoms with Gasteiger partial charge in [-0.3, -0.25) is 10.4 Å². The van der Waals surface area contributed by atoms with Crippen LogP contribution in [0.25, 0.3) is 0 Å². The molecule has 0 saturated carbocycles. The number of hydrogen-bond donors (Lipinski definition) is 2. The third-order valence-electron chi connectivity index (χ3n) is 2.96. The third kappa shape index (κ3) is 2.41. The van der Waals surface area contributed by atoms with E-state index in [1.54, 1.807) is 0 Å². The number of nitrogens with two attached hydrogens (primary N) is 1. The minimum Gasteiger partial charge on any atom is -0.371 e. The molecule has 0 spiro atoms. The van der Waals surface area contributed by atoms with Gasteiger partial charge in [0, 0.05) is 19.6 Å². The minimum absolute atomic E-state index is 0.379. The summed E-state index contributed by atoms with van der Waals surface area (Å²) in [6, 6.07) is 0. The number of ether oxygens (including phenoxy) is 1. The summed E-state index contributed by atoms with van der Waals surface area (Å²) in [5.74, 6) is 6.31. The van der Waals surface area contributed by atoms with Gasteiger partial charge in [-0.1, -0.05) is 6.92 Å². The molecular weight excluding hydrogens is 192 g/mol. The van der Waals surface area contributed by atoms with Crippen molar-refractivity contribution in [1.82, 2.24) is 10.3 Å². The largest absolute Gasteiger partial charge is 0.371 e. The van der Waals surface area contributed by atoms with E-state index in [4.69, 9.17) is 10.6 Å². The van der Waals surface area contributed by atoms with Crippen LogP contribution in [0.15, 0.2) is 4.99 Å². The van der Waals surface area contributed by atoms with Gasteiger partial charge in [0.1, 0.15) is 0 Å². The van der Waals surface area contributed by atoms with Crippen molar-refractivity contribution < 1.29 is 4.74 Å². The van der Waals surface area contributed by atoms with Gasteiger partial charge in [0.05, 0.1) is 12.2 Å². The van der Waals surface area contributed by atoms with Gasteiger partial charge in [0.15, 0.2) is 0 Å². The summed E-state index contributed by atoms with van der Waals surface area (Å²) < 4.78 is 5.76. The molecule has 86 valence electrons. The maximum absolute atomic E-state index is 5.76. The Balaban J connectivity index is 1.96. The first kappa shape index (κ1) is 10.7. The number of rotatable bonds is 2. The van der Waals surface area contributed by atoms with Crippen LogP contribution in [-0.2, 0) is 4.74 Å². The van der Waals surface area contributed by atoms with E-state index in [1.807, 2.05) is 0 Å². The first-order valence-electron chi connectivity index (χ1n) is 5.75. The number of nitrogens with one attached hydrogen (secondary N) is 1. The fourth-order valence-corrected chi connectivity index (χ4v) is 2.24. The lowest BCUT2D eigenvalue weighted by Gasteiger charge is -2.33. The average Bonchev–Trinajstić information content (AvgIpc) is 2.59. The highest BCUT2D eigenvalue weighted by atomic mass is 16.5. The Bertz CT molecular complexity index is 232. The van der Waals surface area contributed by atoms with E-state index in [0.29, 0.717) is 12.2 Å². The highest BCUT2D eigenvalue weighted by Crippen LogP contribution is 2.25. The predicted octanol–water partition coefficient (Wildman–Crippen LogP) is 0.0789. The monoisotopic (exact) mass is 212 g/mol. The number of nitrogens with zero attached hydrogens (tertiary/aromatic N) is 2. The summed E-state index contributed by atoms with van der Waals surface area (Å²) >= 11 is 0. The molecule has 15 heavy (non-hydrogen) atoms. The van der Waals surface area contributed by atoms with Crippen molar-refractivity contribution in [3.05, 3.63) is 0 Å². The molecule has 0 amide bonds. The first-order valence-corrected chi connectivity index (χ1v) is 5.75.